The quantitative estimate of drug-likeness (QED) is 0.486. The summed E-state index contributed by atoms with van der Waals surface area (Å²) in [7, 11) is 1.58. The van der Waals surface area contributed by atoms with Gasteiger partial charge in [0.15, 0.2) is 5.82 Å². The summed E-state index contributed by atoms with van der Waals surface area (Å²) in [5.41, 5.74) is 1.44. The Balaban J connectivity index is 1.61. The van der Waals surface area contributed by atoms with Crippen molar-refractivity contribution in [3.8, 4) is 5.75 Å². The number of methoxy groups -OCH3 is 1. The van der Waals surface area contributed by atoms with E-state index >= 15 is 0 Å². The molecule has 0 fully saturated rings. The highest BCUT2D eigenvalue weighted by Gasteiger charge is 2.19. The molecule has 2 aromatic heterocycles. The molecule has 2 heterocycles. The van der Waals surface area contributed by atoms with E-state index in [1.807, 2.05) is 12.1 Å². The maximum Gasteiger partial charge on any atom is 0.390 e. The number of carbonyl (C=O) groups excluding carboxylic acids is 1. The standard InChI is InChI=1S/C16H16N6O5/c1-10-7-14(22(24)25)19-21(10)9-13-18-16(27-20-13)15(23)17-8-11-3-5-12(26-2)6-4-11/h3-7H,8-9H2,1-2H3,(H,17,23). The van der Waals surface area contributed by atoms with Gasteiger partial charge in [0.25, 0.3) is 0 Å². The summed E-state index contributed by atoms with van der Waals surface area (Å²) in [5, 5.41) is 21.0. The fourth-order valence-electron chi connectivity index (χ4n) is 2.29. The monoisotopic (exact) mass is 372 g/mol. The molecule has 140 valence electrons. The second kappa shape index (κ2) is 7.64. The Hall–Kier alpha value is -3.76. The first-order valence-electron chi connectivity index (χ1n) is 7.89. The Morgan fingerprint density at radius 1 is 1.37 bits per heavy atom. The van der Waals surface area contributed by atoms with Gasteiger partial charge in [0.1, 0.15) is 12.3 Å². The molecule has 1 N–H and O–H groups in total. The van der Waals surface area contributed by atoms with Gasteiger partial charge in [-0.05, 0) is 29.5 Å². The molecule has 3 aromatic rings. The van der Waals surface area contributed by atoms with Crippen LogP contribution in [0.2, 0.25) is 0 Å². The number of hydrogen-bond donors (Lipinski definition) is 1. The van der Waals surface area contributed by atoms with Gasteiger partial charge in [-0.25, -0.2) is 0 Å². The minimum atomic E-state index is -0.586. The average Bonchev–Trinajstić information content (AvgIpc) is 3.28. The lowest BCUT2D eigenvalue weighted by Gasteiger charge is -2.04. The van der Waals surface area contributed by atoms with Crippen molar-refractivity contribution in [1.29, 1.82) is 0 Å². The maximum absolute atomic E-state index is 12.1. The van der Waals surface area contributed by atoms with Gasteiger partial charge >= 0.3 is 17.6 Å². The summed E-state index contributed by atoms with van der Waals surface area (Å²) in [6.07, 6.45) is 0. The molecule has 11 nitrogen and oxygen atoms in total. The summed E-state index contributed by atoms with van der Waals surface area (Å²) in [6.45, 7) is 2.00. The minimum absolute atomic E-state index is 0.0505. The van der Waals surface area contributed by atoms with Crippen LogP contribution in [0, 0.1) is 17.0 Å². The largest absolute Gasteiger partial charge is 0.497 e. The molecule has 0 aliphatic heterocycles. The molecular weight excluding hydrogens is 356 g/mol. The highest BCUT2D eigenvalue weighted by atomic mass is 16.6. The molecule has 1 aromatic carbocycles. The van der Waals surface area contributed by atoms with E-state index in [9.17, 15) is 14.9 Å². The van der Waals surface area contributed by atoms with Gasteiger partial charge in [-0.15, -0.1) is 0 Å². The number of aryl methyl sites for hydroxylation is 1. The Kier molecular flexibility index (Phi) is 5.11. The van der Waals surface area contributed by atoms with Crippen molar-refractivity contribution in [2.24, 2.45) is 0 Å². The van der Waals surface area contributed by atoms with Crippen LogP contribution < -0.4 is 10.1 Å². The van der Waals surface area contributed by atoms with Gasteiger partial charge < -0.3 is 24.7 Å². The lowest BCUT2D eigenvalue weighted by atomic mass is 10.2. The SMILES string of the molecule is COc1ccc(CNC(=O)c2nc(Cn3nc([N+](=O)[O-])cc3C)no2)cc1. The predicted molar refractivity (Wildman–Crippen MR) is 91.2 cm³/mol. The van der Waals surface area contributed by atoms with Crippen LogP contribution >= 0.6 is 0 Å². The van der Waals surface area contributed by atoms with E-state index in [4.69, 9.17) is 9.26 Å². The van der Waals surface area contributed by atoms with Crippen molar-refractivity contribution in [2.75, 3.05) is 7.11 Å². The number of hydrogen-bond acceptors (Lipinski definition) is 8. The Bertz CT molecular complexity index is 962. The van der Waals surface area contributed by atoms with Crippen LogP contribution in [0.1, 0.15) is 27.8 Å². The van der Waals surface area contributed by atoms with Crippen LogP contribution in [-0.4, -0.2) is 37.9 Å². The Labute approximate surface area is 153 Å². The molecule has 27 heavy (non-hydrogen) atoms. The highest BCUT2D eigenvalue weighted by Crippen LogP contribution is 2.13. The summed E-state index contributed by atoms with van der Waals surface area (Å²) in [6, 6.07) is 8.57. The first-order valence-corrected chi connectivity index (χ1v) is 7.89. The zero-order chi connectivity index (χ0) is 19.4. The van der Waals surface area contributed by atoms with Crippen molar-refractivity contribution < 1.29 is 19.0 Å². The number of ether oxygens (including phenoxy) is 1. The average molecular weight is 372 g/mol. The van der Waals surface area contributed by atoms with Gasteiger partial charge in [0.05, 0.1) is 24.0 Å². The second-order valence-electron chi connectivity index (χ2n) is 5.61. The van der Waals surface area contributed by atoms with Gasteiger partial charge in [0.2, 0.25) is 0 Å². The number of carbonyl (C=O) groups is 1. The lowest BCUT2D eigenvalue weighted by molar-refractivity contribution is -0.389. The Morgan fingerprint density at radius 2 is 2.11 bits per heavy atom. The van der Waals surface area contributed by atoms with Crippen molar-refractivity contribution >= 4 is 11.7 Å². The number of nitrogens with zero attached hydrogens (tertiary/aromatic N) is 5. The van der Waals surface area contributed by atoms with E-state index in [2.05, 4.69) is 20.6 Å². The molecule has 0 atom stereocenters. The summed E-state index contributed by atoms with van der Waals surface area (Å²) >= 11 is 0. The van der Waals surface area contributed by atoms with E-state index in [-0.39, 0.29) is 30.6 Å². The molecule has 0 aliphatic rings. The highest BCUT2D eigenvalue weighted by molar-refractivity contribution is 5.89. The topological polar surface area (TPSA) is 138 Å². The third-order valence-electron chi connectivity index (χ3n) is 3.72. The molecule has 0 saturated carbocycles. The minimum Gasteiger partial charge on any atom is -0.497 e. The van der Waals surface area contributed by atoms with Crippen LogP contribution in [0.5, 0.6) is 5.75 Å². The van der Waals surface area contributed by atoms with Crippen molar-refractivity contribution in [1.82, 2.24) is 25.2 Å². The van der Waals surface area contributed by atoms with Crippen molar-refractivity contribution in [3.63, 3.8) is 0 Å². The van der Waals surface area contributed by atoms with E-state index in [0.29, 0.717) is 5.69 Å². The predicted octanol–water partition coefficient (Wildman–Crippen LogP) is 1.47. The van der Waals surface area contributed by atoms with Crippen LogP contribution in [0.4, 0.5) is 5.82 Å². The van der Waals surface area contributed by atoms with Gasteiger partial charge in [-0.2, -0.15) is 9.67 Å². The fourth-order valence-corrected chi connectivity index (χ4v) is 2.29. The summed E-state index contributed by atoms with van der Waals surface area (Å²) in [5.74, 6) is -0.0783. The normalized spacial score (nSPS) is 10.6. The smallest absolute Gasteiger partial charge is 0.390 e. The maximum atomic E-state index is 12.1. The van der Waals surface area contributed by atoms with E-state index in [0.717, 1.165) is 11.3 Å². The van der Waals surface area contributed by atoms with E-state index < -0.39 is 10.8 Å². The van der Waals surface area contributed by atoms with Crippen molar-refractivity contribution in [2.45, 2.75) is 20.0 Å². The second-order valence-corrected chi connectivity index (χ2v) is 5.61. The molecule has 0 radical (unpaired) electrons. The number of aromatic nitrogens is 4. The van der Waals surface area contributed by atoms with E-state index in [1.54, 1.807) is 26.2 Å². The number of amides is 1. The van der Waals surface area contributed by atoms with E-state index in [1.165, 1.54) is 10.7 Å². The fraction of sp³-hybridized carbons (Fsp3) is 0.250. The van der Waals surface area contributed by atoms with Crippen LogP contribution in [0.15, 0.2) is 34.9 Å². The lowest BCUT2D eigenvalue weighted by Crippen LogP contribution is -2.23. The third-order valence-corrected chi connectivity index (χ3v) is 3.72. The summed E-state index contributed by atoms with van der Waals surface area (Å²) < 4.78 is 11.4. The van der Waals surface area contributed by atoms with Gasteiger partial charge in [-0.3, -0.25) is 4.79 Å². The van der Waals surface area contributed by atoms with Gasteiger partial charge in [-0.1, -0.05) is 17.3 Å². The molecule has 0 spiro atoms. The third kappa shape index (κ3) is 4.26. The number of rotatable bonds is 7. The number of benzene rings is 1. The van der Waals surface area contributed by atoms with Gasteiger partial charge in [0, 0.05) is 6.54 Å². The molecule has 0 unspecified atom stereocenters. The molecule has 0 aliphatic carbocycles. The molecule has 0 bridgehead atoms. The van der Waals surface area contributed by atoms with Crippen molar-refractivity contribution in [3.05, 3.63) is 63.4 Å². The zero-order valence-corrected chi connectivity index (χ0v) is 14.6. The molecule has 11 heteroatoms. The molecule has 3 rings (SSSR count). The zero-order valence-electron chi connectivity index (χ0n) is 14.6. The summed E-state index contributed by atoms with van der Waals surface area (Å²) in [4.78, 5) is 26.3. The first-order chi connectivity index (χ1) is 13.0. The number of nitrogens with one attached hydrogen (secondary N) is 1. The molecular formula is C16H16N6O5. The molecule has 0 saturated heterocycles. The number of nitro groups is 1. The van der Waals surface area contributed by atoms with Crippen LogP contribution in [0.25, 0.3) is 0 Å². The Morgan fingerprint density at radius 3 is 2.74 bits per heavy atom. The molecule has 1 amide bonds. The van der Waals surface area contributed by atoms with Crippen LogP contribution in [-0.2, 0) is 13.1 Å². The first kappa shape index (κ1) is 18.0. The van der Waals surface area contributed by atoms with Crippen LogP contribution in [0.3, 0.4) is 0 Å².